The molecule has 4 N–H and O–H groups in total. The van der Waals surface area contributed by atoms with Crippen LogP contribution in [0.3, 0.4) is 0 Å². The molecule has 0 unspecified atom stereocenters. The van der Waals surface area contributed by atoms with Gasteiger partial charge in [-0.05, 0) is 12.8 Å². The van der Waals surface area contributed by atoms with Crippen LogP contribution in [-0.4, -0.2) is 50.9 Å². The number of urea groups is 1. The number of amides is 2. The van der Waals surface area contributed by atoms with Gasteiger partial charge in [0.25, 0.3) is 0 Å². The Morgan fingerprint density at radius 3 is 2.37 bits per heavy atom. The van der Waals surface area contributed by atoms with E-state index in [1.54, 1.807) is 0 Å². The molecule has 0 saturated carbocycles. The van der Waals surface area contributed by atoms with E-state index in [9.17, 15) is 18.0 Å². The van der Waals surface area contributed by atoms with Crippen molar-refractivity contribution >= 4 is 22.0 Å². The quantitative estimate of drug-likeness (QED) is 0.426. The Bertz CT molecular complexity index is 396. The summed E-state index contributed by atoms with van der Waals surface area (Å²) in [6.45, 7) is 2.30. The van der Waals surface area contributed by atoms with Crippen molar-refractivity contribution in [3.05, 3.63) is 0 Å². The van der Waals surface area contributed by atoms with Gasteiger partial charge < -0.3 is 15.7 Å². The maximum Gasteiger partial charge on any atom is 0.326 e. The number of nitrogens with one attached hydrogen (secondary N) is 3. The SMILES string of the molecule is CCC[C@H](NC(=O)NCCCNS(C)(=O)=O)C(=O)O. The molecule has 1 atom stereocenters. The van der Waals surface area contributed by atoms with Crippen molar-refractivity contribution in [2.24, 2.45) is 0 Å². The van der Waals surface area contributed by atoms with E-state index >= 15 is 0 Å². The molecule has 19 heavy (non-hydrogen) atoms. The van der Waals surface area contributed by atoms with Crippen LogP contribution in [0, 0.1) is 0 Å². The summed E-state index contributed by atoms with van der Waals surface area (Å²) in [6, 6.07) is -1.47. The van der Waals surface area contributed by atoms with Crippen LogP contribution < -0.4 is 15.4 Å². The number of sulfonamides is 1. The molecule has 9 heteroatoms. The Morgan fingerprint density at radius 2 is 1.89 bits per heavy atom. The number of rotatable bonds is 9. The molecule has 0 aromatic carbocycles. The zero-order chi connectivity index (χ0) is 14.9. The number of hydrogen-bond acceptors (Lipinski definition) is 4. The largest absolute Gasteiger partial charge is 0.480 e. The summed E-state index contributed by atoms with van der Waals surface area (Å²) < 4.78 is 23.8. The van der Waals surface area contributed by atoms with E-state index in [4.69, 9.17) is 5.11 Å². The fourth-order valence-electron chi connectivity index (χ4n) is 1.30. The summed E-state index contributed by atoms with van der Waals surface area (Å²) in [5.74, 6) is -1.07. The first kappa shape index (κ1) is 17.6. The van der Waals surface area contributed by atoms with Gasteiger partial charge in [0.2, 0.25) is 10.0 Å². The van der Waals surface area contributed by atoms with Crippen molar-refractivity contribution in [2.75, 3.05) is 19.3 Å². The molecule has 0 fully saturated rings. The monoisotopic (exact) mass is 295 g/mol. The minimum Gasteiger partial charge on any atom is -0.480 e. The van der Waals surface area contributed by atoms with Gasteiger partial charge in [0.05, 0.1) is 6.26 Å². The van der Waals surface area contributed by atoms with Crippen molar-refractivity contribution in [2.45, 2.75) is 32.2 Å². The molecule has 8 nitrogen and oxygen atoms in total. The van der Waals surface area contributed by atoms with E-state index in [0.717, 1.165) is 6.26 Å². The highest BCUT2D eigenvalue weighted by molar-refractivity contribution is 7.88. The zero-order valence-electron chi connectivity index (χ0n) is 11.1. The Balaban J connectivity index is 3.83. The second kappa shape index (κ2) is 8.70. The maximum atomic E-state index is 11.4. The Kier molecular flexibility index (Phi) is 8.08. The number of carboxylic acids is 1. The fraction of sp³-hybridized carbons (Fsp3) is 0.800. The number of carbonyl (C=O) groups is 2. The van der Waals surface area contributed by atoms with Crippen LogP contribution in [0.5, 0.6) is 0 Å². The molecule has 0 bridgehead atoms. The van der Waals surface area contributed by atoms with Crippen molar-refractivity contribution in [3.8, 4) is 0 Å². The lowest BCUT2D eigenvalue weighted by Crippen LogP contribution is -2.46. The lowest BCUT2D eigenvalue weighted by Gasteiger charge is -2.14. The number of aliphatic carboxylic acids is 1. The Labute approximate surface area is 113 Å². The molecule has 0 heterocycles. The average Bonchev–Trinajstić information content (AvgIpc) is 2.26. The summed E-state index contributed by atoms with van der Waals surface area (Å²) in [4.78, 5) is 22.2. The van der Waals surface area contributed by atoms with Gasteiger partial charge in [0.1, 0.15) is 6.04 Å². The lowest BCUT2D eigenvalue weighted by molar-refractivity contribution is -0.139. The van der Waals surface area contributed by atoms with Gasteiger partial charge in [0.15, 0.2) is 0 Å². The van der Waals surface area contributed by atoms with Gasteiger partial charge in [-0.3, -0.25) is 0 Å². The Hall–Kier alpha value is -1.35. The van der Waals surface area contributed by atoms with Gasteiger partial charge in [-0.1, -0.05) is 13.3 Å². The number of carboxylic acid groups (broad SMARTS) is 1. The molecule has 0 aliphatic heterocycles. The van der Waals surface area contributed by atoms with Crippen molar-refractivity contribution in [1.29, 1.82) is 0 Å². The summed E-state index contributed by atoms with van der Waals surface area (Å²) in [5.41, 5.74) is 0. The minimum atomic E-state index is -3.22. The smallest absolute Gasteiger partial charge is 0.326 e. The van der Waals surface area contributed by atoms with E-state index in [1.165, 1.54) is 0 Å². The highest BCUT2D eigenvalue weighted by atomic mass is 32.2. The summed E-state index contributed by atoms with van der Waals surface area (Å²) >= 11 is 0. The molecule has 0 aliphatic carbocycles. The molecular weight excluding hydrogens is 274 g/mol. The van der Waals surface area contributed by atoms with Gasteiger partial charge in [-0.25, -0.2) is 22.7 Å². The van der Waals surface area contributed by atoms with Crippen molar-refractivity contribution in [3.63, 3.8) is 0 Å². The van der Waals surface area contributed by atoms with Gasteiger partial charge in [0, 0.05) is 13.1 Å². The zero-order valence-corrected chi connectivity index (χ0v) is 11.9. The van der Waals surface area contributed by atoms with Crippen molar-refractivity contribution in [1.82, 2.24) is 15.4 Å². The fourth-order valence-corrected chi connectivity index (χ4v) is 1.82. The highest BCUT2D eigenvalue weighted by Gasteiger charge is 2.18. The van der Waals surface area contributed by atoms with Crippen LogP contribution in [0.25, 0.3) is 0 Å². The molecule has 0 spiro atoms. The maximum absolute atomic E-state index is 11.4. The van der Waals surface area contributed by atoms with E-state index in [-0.39, 0.29) is 13.1 Å². The molecule has 0 aromatic heterocycles. The first-order valence-corrected chi connectivity index (χ1v) is 7.87. The van der Waals surface area contributed by atoms with E-state index in [0.29, 0.717) is 19.3 Å². The Morgan fingerprint density at radius 1 is 1.26 bits per heavy atom. The van der Waals surface area contributed by atoms with Crippen LogP contribution in [0.15, 0.2) is 0 Å². The lowest BCUT2D eigenvalue weighted by atomic mass is 10.2. The van der Waals surface area contributed by atoms with E-state index < -0.39 is 28.1 Å². The topological polar surface area (TPSA) is 125 Å². The van der Waals surface area contributed by atoms with Crippen molar-refractivity contribution < 1.29 is 23.1 Å². The molecule has 0 aromatic rings. The average molecular weight is 295 g/mol. The van der Waals surface area contributed by atoms with Crippen LogP contribution in [0.2, 0.25) is 0 Å². The highest BCUT2D eigenvalue weighted by Crippen LogP contribution is 1.96. The normalized spacial score (nSPS) is 12.7. The summed E-state index contributed by atoms with van der Waals surface area (Å²) in [7, 11) is -3.22. The second-order valence-corrected chi connectivity index (χ2v) is 5.93. The molecule has 0 radical (unpaired) electrons. The summed E-state index contributed by atoms with van der Waals surface area (Å²) in [5, 5.41) is 13.6. The van der Waals surface area contributed by atoms with E-state index in [2.05, 4.69) is 15.4 Å². The third-order valence-corrected chi connectivity index (χ3v) is 2.91. The van der Waals surface area contributed by atoms with Gasteiger partial charge >= 0.3 is 12.0 Å². The molecule has 112 valence electrons. The molecule has 2 amide bonds. The third-order valence-electron chi connectivity index (χ3n) is 2.18. The van der Waals surface area contributed by atoms with Gasteiger partial charge in [-0.15, -0.1) is 0 Å². The van der Waals surface area contributed by atoms with Crippen LogP contribution in [0.1, 0.15) is 26.2 Å². The molecular formula is C10H21N3O5S. The predicted molar refractivity (Wildman–Crippen MR) is 70.3 cm³/mol. The first-order valence-electron chi connectivity index (χ1n) is 5.98. The van der Waals surface area contributed by atoms with Crippen LogP contribution in [0.4, 0.5) is 4.79 Å². The van der Waals surface area contributed by atoms with Crippen LogP contribution >= 0.6 is 0 Å². The minimum absolute atomic E-state index is 0.219. The van der Waals surface area contributed by atoms with E-state index in [1.807, 2.05) is 6.92 Å². The molecule has 0 rings (SSSR count). The number of carbonyl (C=O) groups excluding carboxylic acids is 1. The molecule has 0 aliphatic rings. The first-order chi connectivity index (χ1) is 8.76. The van der Waals surface area contributed by atoms with Gasteiger partial charge in [-0.2, -0.15) is 0 Å². The second-order valence-electron chi connectivity index (χ2n) is 4.10. The summed E-state index contributed by atoms with van der Waals surface area (Å²) in [6.07, 6.45) is 2.48. The number of hydrogen-bond donors (Lipinski definition) is 4. The predicted octanol–water partition coefficient (Wildman–Crippen LogP) is -0.522. The molecule has 0 saturated heterocycles. The standard InChI is InChI=1S/C10H21N3O5S/c1-3-5-8(9(14)15)13-10(16)11-6-4-7-12-19(2,17)18/h8,12H,3-7H2,1-2H3,(H,14,15)(H2,11,13,16)/t8-/m0/s1. The van der Waals surface area contributed by atoms with Crippen LogP contribution in [-0.2, 0) is 14.8 Å². The third kappa shape index (κ3) is 10.3.